The summed E-state index contributed by atoms with van der Waals surface area (Å²) < 4.78 is 25.3. The van der Waals surface area contributed by atoms with Gasteiger partial charge < -0.3 is 5.32 Å². The Hall–Kier alpha value is -2.53. The molecule has 1 amide bonds. The lowest BCUT2D eigenvalue weighted by Gasteiger charge is -2.00. The zero-order valence-corrected chi connectivity index (χ0v) is 13.6. The lowest BCUT2D eigenvalue weighted by molar-refractivity contribution is -0.117. The first-order valence-electron chi connectivity index (χ1n) is 6.42. The highest BCUT2D eigenvalue weighted by Gasteiger charge is 2.11. The summed E-state index contributed by atoms with van der Waals surface area (Å²) in [5.41, 5.74) is 0.810. The van der Waals surface area contributed by atoms with E-state index >= 15 is 0 Å². The van der Waals surface area contributed by atoms with Gasteiger partial charge in [-0.3, -0.25) is 9.52 Å². The minimum absolute atomic E-state index is 0.0558. The average molecular weight is 352 g/mol. The van der Waals surface area contributed by atoms with Crippen LogP contribution >= 0.6 is 11.3 Å². The van der Waals surface area contributed by atoms with Crippen LogP contribution in [0.3, 0.4) is 0 Å². The van der Waals surface area contributed by atoms with E-state index in [0.29, 0.717) is 5.13 Å². The largest absolute Gasteiger partial charge is 0.300 e. The van der Waals surface area contributed by atoms with Crippen LogP contribution in [0.4, 0.5) is 10.9 Å². The smallest absolute Gasteiger partial charge is 0.249 e. The highest BCUT2D eigenvalue weighted by atomic mass is 32.2. The maximum Gasteiger partial charge on any atom is 0.249 e. The van der Waals surface area contributed by atoms with Crippen molar-refractivity contribution in [2.24, 2.45) is 0 Å². The van der Waals surface area contributed by atoms with Gasteiger partial charge in [-0.1, -0.05) is 23.5 Å². The summed E-state index contributed by atoms with van der Waals surface area (Å²) in [5.74, 6) is -0.300. The molecule has 9 nitrogen and oxygen atoms in total. The van der Waals surface area contributed by atoms with Gasteiger partial charge >= 0.3 is 0 Å². The number of para-hydroxylation sites is 1. The summed E-state index contributed by atoms with van der Waals surface area (Å²) in [4.78, 5) is 17.4. The number of rotatable bonds is 5. The summed E-state index contributed by atoms with van der Waals surface area (Å²) in [5, 5.41) is 10.8. The predicted octanol–water partition coefficient (Wildman–Crippen LogP) is 0.898. The lowest BCUT2D eigenvalue weighted by atomic mass is 10.3. The Morgan fingerprint density at radius 2 is 2.13 bits per heavy atom. The molecule has 3 aromatic rings. The van der Waals surface area contributed by atoms with Crippen LogP contribution in [0.1, 0.15) is 0 Å². The van der Waals surface area contributed by atoms with E-state index in [1.54, 1.807) is 0 Å². The van der Waals surface area contributed by atoms with Crippen LogP contribution in [-0.4, -0.2) is 40.6 Å². The van der Waals surface area contributed by atoms with Crippen molar-refractivity contribution >= 4 is 48.4 Å². The Labute approximate surface area is 135 Å². The minimum Gasteiger partial charge on any atom is -0.300 e. The Morgan fingerprint density at radius 1 is 1.35 bits per heavy atom. The van der Waals surface area contributed by atoms with Crippen molar-refractivity contribution in [3.63, 3.8) is 0 Å². The molecular weight excluding hydrogens is 340 g/mol. The number of fused-ring (bicyclic) bond motifs is 1. The molecule has 23 heavy (non-hydrogen) atoms. The molecule has 0 atom stereocenters. The van der Waals surface area contributed by atoms with Crippen molar-refractivity contribution in [3.8, 4) is 0 Å². The third-order valence-electron chi connectivity index (χ3n) is 2.65. The van der Waals surface area contributed by atoms with Crippen LogP contribution in [0, 0.1) is 0 Å². The van der Waals surface area contributed by atoms with E-state index in [9.17, 15) is 13.2 Å². The molecule has 0 radical (unpaired) electrons. The van der Waals surface area contributed by atoms with Crippen LogP contribution in [0.5, 0.6) is 0 Å². The minimum atomic E-state index is -3.43. The molecular formula is C12H12N6O3S2. The summed E-state index contributed by atoms with van der Waals surface area (Å²) in [7, 11) is -3.43. The van der Waals surface area contributed by atoms with Gasteiger partial charge in [-0.25, -0.2) is 13.4 Å². The van der Waals surface area contributed by atoms with Crippen LogP contribution < -0.4 is 10.0 Å². The van der Waals surface area contributed by atoms with Gasteiger partial charge in [-0.2, -0.15) is 9.90 Å². The molecule has 0 bridgehead atoms. The summed E-state index contributed by atoms with van der Waals surface area (Å²) in [6.07, 6.45) is 2.23. The zero-order valence-electron chi connectivity index (χ0n) is 11.9. The second-order valence-corrected chi connectivity index (χ2v) is 7.45. The van der Waals surface area contributed by atoms with E-state index in [0.717, 1.165) is 21.3 Å². The van der Waals surface area contributed by atoms with E-state index < -0.39 is 10.0 Å². The topological polar surface area (TPSA) is 119 Å². The van der Waals surface area contributed by atoms with Gasteiger partial charge in [0.25, 0.3) is 0 Å². The van der Waals surface area contributed by atoms with Gasteiger partial charge in [-0.15, -0.1) is 5.10 Å². The Kier molecular flexibility index (Phi) is 3.96. The number of nitrogens with zero attached hydrogens (tertiary/aromatic N) is 4. The van der Waals surface area contributed by atoms with E-state index in [1.807, 2.05) is 24.3 Å². The SMILES string of the molecule is CS(=O)(=O)Nc1cnn(CC(=O)Nc2nc3ccccc3s2)n1. The normalized spacial score (nSPS) is 11.5. The summed E-state index contributed by atoms with van der Waals surface area (Å²) in [6.45, 7) is -0.151. The molecule has 2 aromatic heterocycles. The number of carbonyl (C=O) groups excluding carboxylic acids is 1. The van der Waals surface area contributed by atoms with Gasteiger partial charge in [0.2, 0.25) is 15.9 Å². The fourth-order valence-electron chi connectivity index (χ4n) is 1.82. The van der Waals surface area contributed by atoms with Crippen molar-refractivity contribution in [1.82, 2.24) is 20.0 Å². The zero-order chi connectivity index (χ0) is 16.4. The molecule has 0 aliphatic carbocycles. The number of aromatic nitrogens is 4. The van der Waals surface area contributed by atoms with Gasteiger partial charge in [0.15, 0.2) is 10.9 Å². The number of sulfonamides is 1. The van der Waals surface area contributed by atoms with E-state index in [1.165, 1.54) is 17.5 Å². The molecule has 120 valence electrons. The van der Waals surface area contributed by atoms with Crippen molar-refractivity contribution in [2.45, 2.75) is 6.54 Å². The average Bonchev–Trinajstić information content (AvgIpc) is 3.02. The van der Waals surface area contributed by atoms with E-state index in [-0.39, 0.29) is 18.3 Å². The van der Waals surface area contributed by atoms with E-state index in [4.69, 9.17) is 0 Å². The Bertz CT molecular complexity index is 929. The quantitative estimate of drug-likeness (QED) is 0.704. The maximum absolute atomic E-state index is 12.0. The number of anilines is 2. The third-order valence-corrected chi connectivity index (χ3v) is 4.18. The third kappa shape index (κ3) is 4.02. The number of nitrogens with one attached hydrogen (secondary N) is 2. The van der Waals surface area contributed by atoms with Gasteiger partial charge in [0, 0.05) is 0 Å². The van der Waals surface area contributed by atoms with Crippen molar-refractivity contribution in [1.29, 1.82) is 0 Å². The number of hydrogen-bond donors (Lipinski definition) is 2. The Balaban J connectivity index is 1.65. The standard InChI is InChI=1S/C12H12N6O3S2/c1-23(20,21)17-10-6-13-18(16-10)7-11(19)15-12-14-8-4-2-3-5-9(8)22-12/h2-6H,7H2,1H3,(H,16,17)(H,14,15,19). The predicted molar refractivity (Wildman–Crippen MR) is 86.7 cm³/mol. The van der Waals surface area contributed by atoms with Crippen LogP contribution in [0.25, 0.3) is 10.2 Å². The first-order chi connectivity index (χ1) is 10.9. The van der Waals surface area contributed by atoms with E-state index in [2.05, 4.69) is 25.2 Å². The van der Waals surface area contributed by atoms with Crippen molar-refractivity contribution in [2.75, 3.05) is 16.3 Å². The maximum atomic E-state index is 12.0. The van der Waals surface area contributed by atoms with Crippen LogP contribution in [0.2, 0.25) is 0 Å². The van der Waals surface area contributed by atoms with Crippen molar-refractivity contribution < 1.29 is 13.2 Å². The number of thiazole rings is 1. The molecule has 0 saturated carbocycles. The summed E-state index contributed by atoms with van der Waals surface area (Å²) in [6, 6.07) is 7.55. The molecule has 0 saturated heterocycles. The first kappa shape index (κ1) is 15.4. The van der Waals surface area contributed by atoms with Gasteiger partial charge in [0.1, 0.15) is 6.54 Å². The second-order valence-electron chi connectivity index (χ2n) is 4.67. The van der Waals surface area contributed by atoms with Crippen molar-refractivity contribution in [3.05, 3.63) is 30.5 Å². The van der Waals surface area contributed by atoms with Gasteiger partial charge in [-0.05, 0) is 12.1 Å². The number of benzene rings is 1. The first-order valence-corrected chi connectivity index (χ1v) is 9.13. The molecule has 0 aliphatic heterocycles. The summed E-state index contributed by atoms with van der Waals surface area (Å²) >= 11 is 1.36. The molecule has 2 heterocycles. The fourth-order valence-corrected chi connectivity index (χ4v) is 3.18. The molecule has 0 spiro atoms. The molecule has 2 N–H and O–H groups in total. The second kappa shape index (κ2) is 5.93. The molecule has 0 fully saturated rings. The highest BCUT2D eigenvalue weighted by molar-refractivity contribution is 7.92. The molecule has 0 aliphatic rings. The van der Waals surface area contributed by atoms with Crippen LogP contribution in [0.15, 0.2) is 30.5 Å². The van der Waals surface area contributed by atoms with Gasteiger partial charge in [0.05, 0.1) is 22.7 Å². The van der Waals surface area contributed by atoms with Crippen LogP contribution in [-0.2, 0) is 21.4 Å². The molecule has 11 heteroatoms. The lowest BCUT2D eigenvalue weighted by Crippen LogP contribution is -2.20. The number of amides is 1. The highest BCUT2D eigenvalue weighted by Crippen LogP contribution is 2.25. The monoisotopic (exact) mass is 352 g/mol. The molecule has 1 aromatic carbocycles. The number of carbonyl (C=O) groups is 1. The molecule has 3 rings (SSSR count). The molecule has 0 unspecified atom stereocenters. The number of hydrogen-bond acceptors (Lipinski definition) is 7. The Morgan fingerprint density at radius 3 is 2.87 bits per heavy atom. The fraction of sp³-hybridized carbons (Fsp3) is 0.167.